The summed E-state index contributed by atoms with van der Waals surface area (Å²) in [5.74, 6) is 1.03. The number of methoxy groups -OCH3 is 1. The number of carbonyl (C=O) groups is 1. The summed E-state index contributed by atoms with van der Waals surface area (Å²) in [4.78, 5) is 32.1. The van der Waals surface area contributed by atoms with Gasteiger partial charge in [-0.15, -0.1) is 0 Å². The summed E-state index contributed by atoms with van der Waals surface area (Å²) in [5.41, 5.74) is 1.75. The lowest BCUT2D eigenvalue weighted by Gasteiger charge is -2.24. The number of ether oxygens (including phenoxy) is 4. The molecule has 0 aliphatic carbocycles. The Labute approximate surface area is 262 Å². The Balaban J connectivity index is 1.52. The molecule has 8 nitrogen and oxygen atoms in total. The first-order valence-electron chi connectivity index (χ1n) is 13.4. The number of halogens is 2. The molecule has 0 saturated carbocycles. The molecule has 11 heteroatoms. The van der Waals surface area contributed by atoms with E-state index in [1.807, 2.05) is 42.5 Å². The molecule has 1 aliphatic heterocycles. The van der Waals surface area contributed by atoms with Gasteiger partial charge in [0.15, 0.2) is 16.3 Å². The molecular weight excluding hydrogens is 611 g/mol. The maximum Gasteiger partial charge on any atom is 0.338 e. The van der Waals surface area contributed by atoms with Gasteiger partial charge in [-0.2, -0.15) is 0 Å². The number of aromatic nitrogens is 1. The largest absolute Gasteiger partial charge is 0.493 e. The molecule has 0 spiro atoms. The zero-order chi connectivity index (χ0) is 30.5. The zero-order valence-electron chi connectivity index (χ0n) is 23.6. The minimum Gasteiger partial charge on any atom is -0.493 e. The monoisotopic (exact) mass is 638 g/mol. The Bertz CT molecular complexity index is 1870. The van der Waals surface area contributed by atoms with Crippen LogP contribution in [0.5, 0.6) is 17.2 Å². The Kier molecular flexibility index (Phi) is 9.55. The molecule has 4 aromatic rings. The van der Waals surface area contributed by atoms with Gasteiger partial charge in [0, 0.05) is 10.6 Å². The van der Waals surface area contributed by atoms with Crippen LogP contribution in [0.1, 0.15) is 31.0 Å². The van der Waals surface area contributed by atoms with E-state index in [0.717, 1.165) is 5.56 Å². The molecule has 5 rings (SSSR count). The highest BCUT2D eigenvalue weighted by atomic mass is 35.5. The standard InChI is InChI=1S/C32H28Cl2N2O6S/c1-4-40-31(38)27-19(2)35-32-36(28(27)20-10-6-5-7-11-20)30(37)26(43-32)17-21-16-22(33)18-23(34)29(21)42-15-14-41-25-13-9-8-12-24(25)39-3/h5-13,16-18,28H,4,14-15H2,1-3H3/b26-17-/t28-/m0/s1. The second-order valence-electron chi connectivity index (χ2n) is 9.37. The second kappa shape index (κ2) is 13.5. The SMILES string of the molecule is CCOC(=O)C1=C(C)N=c2s/c(=C\c3cc(Cl)cc(Cl)c3OCCOc3ccccc3OC)c(=O)n2[C@H]1c1ccccc1. The Hall–Kier alpha value is -4.05. The molecule has 1 aliphatic rings. The van der Waals surface area contributed by atoms with Crippen LogP contribution < -0.4 is 29.1 Å². The summed E-state index contributed by atoms with van der Waals surface area (Å²) >= 11 is 14.1. The molecule has 0 radical (unpaired) electrons. The van der Waals surface area contributed by atoms with Crippen LogP contribution in [-0.4, -0.2) is 37.5 Å². The van der Waals surface area contributed by atoms with Crippen LogP contribution in [0.2, 0.25) is 10.0 Å². The first-order valence-corrected chi connectivity index (χ1v) is 15.0. The number of nitrogens with zero attached hydrogens (tertiary/aromatic N) is 2. The van der Waals surface area contributed by atoms with Crippen molar-refractivity contribution < 1.29 is 23.7 Å². The average Bonchev–Trinajstić information content (AvgIpc) is 3.30. The molecule has 0 fully saturated rings. The number of carbonyl (C=O) groups excluding carboxylic acids is 1. The maximum absolute atomic E-state index is 14.0. The number of allylic oxidation sites excluding steroid dienone is 1. The van der Waals surface area contributed by atoms with Crippen LogP contribution in [0.25, 0.3) is 6.08 Å². The molecule has 0 saturated heterocycles. The van der Waals surface area contributed by atoms with Crippen molar-refractivity contribution in [3.05, 3.63) is 119 Å². The summed E-state index contributed by atoms with van der Waals surface area (Å²) in [6.45, 7) is 4.06. The van der Waals surface area contributed by atoms with Crippen molar-refractivity contribution in [1.29, 1.82) is 0 Å². The van der Waals surface area contributed by atoms with Crippen LogP contribution in [-0.2, 0) is 9.53 Å². The van der Waals surface area contributed by atoms with Gasteiger partial charge in [0.1, 0.15) is 19.0 Å². The van der Waals surface area contributed by atoms with Gasteiger partial charge in [0.25, 0.3) is 5.56 Å². The van der Waals surface area contributed by atoms with Crippen molar-refractivity contribution in [3.8, 4) is 17.2 Å². The molecule has 3 aromatic carbocycles. The van der Waals surface area contributed by atoms with E-state index in [9.17, 15) is 9.59 Å². The van der Waals surface area contributed by atoms with E-state index in [1.165, 1.54) is 15.9 Å². The highest BCUT2D eigenvalue weighted by Gasteiger charge is 2.33. The van der Waals surface area contributed by atoms with E-state index in [-0.39, 0.29) is 30.4 Å². The lowest BCUT2D eigenvalue weighted by Crippen LogP contribution is -2.39. The lowest BCUT2D eigenvalue weighted by atomic mass is 9.96. The number of benzene rings is 3. The first-order chi connectivity index (χ1) is 20.8. The molecule has 0 amide bonds. The lowest BCUT2D eigenvalue weighted by molar-refractivity contribution is -0.139. The molecule has 2 heterocycles. The highest BCUT2D eigenvalue weighted by molar-refractivity contribution is 7.07. The van der Waals surface area contributed by atoms with Crippen molar-refractivity contribution in [2.24, 2.45) is 4.99 Å². The fraction of sp³-hybridized carbons (Fsp3) is 0.219. The van der Waals surface area contributed by atoms with Crippen LogP contribution in [0.15, 0.2) is 87.8 Å². The summed E-state index contributed by atoms with van der Waals surface area (Å²) in [6, 6.07) is 19.2. The van der Waals surface area contributed by atoms with E-state index in [2.05, 4.69) is 4.99 Å². The van der Waals surface area contributed by atoms with Gasteiger partial charge >= 0.3 is 5.97 Å². The summed E-state index contributed by atoms with van der Waals surface area (Å²) in [6.07, 6.45) is 1.67. The maximum atomic E-state index is 14.0. The van der Waals surface area contributed by atoms with Crippen molar-refractivity contribution in [3.63, 3.8) is 0 Å². The van der Waals surface area contributed by atoms with Crippen molar-refractivity contribution in [1.82, 2.24) is 4.57 Å². The number of fused-ring (bicyclic) bond motifs is 1. The molecule has 1 aromatic heterocycles. The molecule has 0 bridgehead atoms. The van der Waals surface area contributed by atoms with Crippen molar-refractivity contribution in [2.75, 3.05) is 26.9 Å². The van der Waals surface area contributed by atoms with Gasteiger partial charge in [-0.3, -0.25) is 9.36 Å². The number of para-hydroxylation sites is 2. The summed E-state index contributed by atoms with van der Waals surface area (Å²) in [5, 5.41) is 0.663. The van der Waals surface area contributed by atoms with Gasteiger partial charge in [-0.05, 0) is 49.8 Å². The van der Waals surface area contributed by atoms with E-state index in [1.54, 1.807) is 51.3 Å². The van der Waals surface area contributed by atoms with Crippen LogP contribution in [0.4, 0.5) is 0 Å². The zero-order valence-corrected chi connectivity index (χ0v) is 26.0. The Morgan fingerprint density at radius 1 is 1.02 bits per heavy atom. The van der Waals surface area contributed by atoms with Gasteiger partial charge in [0.05, 0.1) is 40.6 Å². The molecule has 43 heavy (non-hydrogen) atoms. The van der Waals surface area contributed by atoms with E-state index in [4.69, 9.17) is 42.1 Å². The van der Waals surface area contributed by atoms with Crippen LogP contribution in [0.3, 0.4) is 0 Å². The van der Waals surface area contributed by atoms with Gasteiger partial charge in [-0.25, -0.2) is 9.79 Å². The van der Waals surface area contributed by atoms with Gasteiger partial charge in [-0.1, -0.05) is 77.0 Å². The third-order valence-corrected chi connectivity index (χ3v) is 8.09. The summed E-state index contributed by atoms with van der Waals surface area (Å²) < 4.78 is 24.4. The molecular formula is C32H28Cl2N2O6S. The Morgan fingerprint density at radius 3 is 2.44 bits per heavy atom. The second-order valence-corrected chi connectivity index (χ2v) is 11.2. The normalized spacial score (nSPS) is 14.6. The smallest absolute Gasteiger partial charge is 0.338 e. The fourth-order valence-corrected chi connectivity index (χ4v) is 6.36. The van der Waals surface area contributed by atoms with Gasteiger partial charge in [0.2, 0.25) is 0 Å². The predicted octanol–water partition coefficient (Wildman–Crippen LogP) is 5.57. The van der Waals surface area contributed by atoms with Crippen LogP contribution in [0, 0.1) is 0 Å². The van der Waals surface area contributed by atoms with E-state index in [0.29, 0.717) is 48.4 Å². The minimum atomic E-state index is -0.704. The minimum absolute atomic E-state index is 0.164. The van der Waals surface area contributed by atoms with Crippen molar-refractivity contribution in [2.45, 2.75) is 19.9 Å². The quantitative estimate of drug-likeness (QED) is 0.167. The van der Waals surface area contributed by atoms with Crippen LogP contribution >= 0.6 is 34.5 Å². The number of thiazole rings is 1. The number of hydrogen-bond acceptors (Lipinski definition) is 8. The topological polar surface area (TPSA) is 88.4 Å². The van der Waals surface area contributed by atoms with Crippen molar-refractivity contribution >= 4 is 46.6 Å². The summed E-state index contributed by atoms with van der Waals surface area (Å²) in [7, 11) is 1.57. The first kappa shape index (κ1) is 30.4. The third kappa shape index (κ3) is 6.49. The predicted molar refractivity (Wildman–Crippen MR) is 167 cm³/mol. The van der Waals surface area contributed by atoms with E-state index >= 15 is 0 Å². The molecule has 1 atom stereocenters. The molecule has 0 N–H and O–H groups in total. The number of esters is 1. The fourth-order valence-electron chi connectivity index (χ4n) is 4.76. The highest BCUT2D eigenvalue weighted by Crippen LogP contribution is 2.34. The molecule has 0 unspecified atom stereocenters. The van der Waals surface area contributed by atoms with E-state index < -0.39 is 12.0 Å². The third-order valence-electron chi connectivity index (χ3n) is 6.61. The number of rotatable bonds is 10. The Morgan fingerprint density at radius 2 is 1.72 bits per heavy atom. The average molecular weight is 640 g/mol. The molecule has 222 valence electrons. The van der Waals surface area contributed by atoms with Gasteiger partial charge < -0.3 is 18.9 Å². The number of hydrogen-bond donors (Lipinski definition) is 0.